The normalized spacial score (nSPS) is 15.7. The van der Waals surface area contributed by atoms with E-state index < -0.39 is 11.7 Å². The molecule has 1 amide bonds. The molecule has 2 nitrogen and oxygen atoms in total. The second-order valence-corrected chi connectivity index (χ2v) is 7.77. The maximum absolute atomic E-state index is 12.8. The summed E-state index contributed by atoms with van der Waals surface area (Å²) in [5.41, 5.74) is 1.47. The van der Waals surface area contributed by atoms with Gasteiger partial charge >= 0.3 is 6.18 Å². The fraction of sp³-hybridized carbons (Fsp3) is 0.292. The zero-order valence-corrected chi connectivity index (χ0v) is 16.1. The van der Waals surface area contributed by atoms with Crippen LogP contribution >= 0.6 is 0 Å². The van der Waals surface area contributed by atoms with Gasteiger partial charge in [-0.1, -0.05) is 42.8 Å². The minimum absolute atomic E-state index is 0.0915. The Morgan fingerprint density at radius 2 is 1.76 bits per heavy atom. The van der Waals surface area contributed by atoms with Crippen LogP contribution in [0.3, 0.4) is 0 Å². The molecule has 1 atom stereocenters. The zero-order chi connectivity index (χ0) is 20.6. The van der Waals surface area contributed by atoms with Gasteiger partial charge in [0.2, 0.25) is 0 Å². The number of hydrogen-bond donors (Lipinski definition) is 1. The summed E-state index contributed by atoms with van der Waals surface area (Å²) in [5.74, 6) is 0.469. The molecule has 150 valence electrons. The van der Waals surface area contributed by atoms with E-state index in [4.69, 9.17) is 0 Å². The van der Waals surface area contributed by atoms with Gasteiger partial charge in [-0.2, -0.15) is 13.2 Å². The predicted molar refractivity (Wildman–Crippen MR) is 109 cm³/mol. The summed E-state index contributed by atoms with van der Waals surface area (Å²) in [6.07, 6.45) is -0.797. The van der Waals surface area contributed by atoms with Crippen LogP contribution in [0.25, 0.3) is 21.9 Å². The second kappa shape index (κ2) is 7.54. The Kier molecular flexibility index (Phi) is 5.07. The topological polar surface area (TPSA) is 29.1 Å². The van der Waals surface area contributed by atoms with Crippen molar-refractivity contribution < 1.29 is 18.0 Å². The number of fused-ring (bicyclic) bond motifs is 1. The quantitative estimate of drug-likeness (QED) is 0.539. The van der Waals surface area contributed by atoms with E-state index in [-0.39, 0.29) is 11.9 Å². The molecule has 29 heavy (non-hydrogen) atoms. The highest BCUT2D eigenvalue weighted by atomic mass is 19.4. The van der Waals surface area contributed by atoms with E-state index in [1.54, 1.807) is 6.07 Å². The van der Waals surface area contributed by atoms with Crippen molar-refractivity contribution in [1.82, 2.24) is 5.32 Å². The third kappa shape index (κ3) is 4.00. The summed E-state index contributed by atoms with van der Waals surface area (Å²) in [5, 5.41) is 4.86. The third-order valence-electron chi connectivity index (χ3n) is 5.88. The van der Waals surface area contributed by atoms with Gasteiger partial charge in [-0.25, -0.2) is 0 Å². The third-order valence-corrected chi connectivity index (χ3v) is 5.88. The predicted octanol–water partition coefficient (Wildman–Crippen LogP) is 6.44. The lowest BCUT2D eigenvalue weighted by Gasteiger charge is -2.31. The van der Waals surface area contributed by atoms with Crippen LogP contribution in [0.1, 0.15) is 42.1 Å². The fourth-order valence-electron chi connectivity index (χ4n) is 3.86. The van der Waals surface area contributed by atoms with Crippen LogP contribution in [0.2, 0.25) is 0 Å². The standard InChI is InChI=1S/C24H22F3NO/c1-15(16-4-2-5-16)28-23(29)19-10-13-22-18(14-19)6-3-7-21(22)17-8-11-20(12-9-17)24(25,26)27/h3,6-16H,2,4-5H2,1H3,(H,28,29)/t15-/m1/s1. The number of hydrogen-bond acceptors (Lipinski definition) is 1. The van der Waals surface area contributed by atoms with Gasteiger partial charge in [-0.05, 0) is 71.8 Å². The van der Waals surface area contributed by atoms with Crippen LogP contribution in [-0.4, -0.2) is 11.9 Å². The lowest BCUT2D eigenvalue weighted by atomic mass is 9.80. The molecular formula is C24H22F3NO. The molecule has 4 rings (SSSR count). The molecule has 1 saturated carbocycles. The smallest absolute Gasteiger partial charge is 0.349 e. The minimum Gasteiger partial charge on any atom is -0.349 e. The van der Waals surface area contributed by atoms with E-state index in [0.717, 1.165) is 41.3 Å². The van der Waals surface area contributed by atoms with E-state index in [2.05, 4.69) is 5.32 Å². The Labute approximate surface area is 167 Å². The van der Waals surface area contributed by atoms with Crippen molar-refractivity contribution in [3.63, 3.8) is 0 Å². The fourth-order valence-corrected chi connectivity index (χ4v) is 3.86. The lowest BCUT2D eigenvalue weighted by Crippen LogP contribution is -2.40. The van der Waals surface area contributed by atoms with E-state index >= 15 is 0 Å². The molecule has 0 aliphatic heterocycles. The molecule has 1 N–H and O–H groups in total. The number of rotatable bonds is 4. The van der Waals surface area contributed by atoms with Crippen molar-refractivity contribution in [2.24, 2.45) is 5.92 Å². The Morgan fingerprint density at radius 3 is 2.38 bits per heavy atom. The molecule has 0 aromatic heterocycles. The first kappa shape index (κ1) is 19.5. The van der Waals surface area contributed by atoms with E-state index in [1.165, 1.54) is 18.6 Å². The van der Waals surface area contributed by atoms with Gasteiger partial charge < -0.3 is 5.32 Å². The minimum atomic E-state index is -4.35. The first-order valence-electron chi connectivity index (χ1n) is 9.84. The van der Waals surface area contributed by atoms with Crippen molar-refractivity contribution >= 4 is 16.7 Å². The Hall–Kier alpha value is -2.82. The summed E-state index contributed by atoms with van der Waals surface area (Å²) < 4.78 is 38.5. The van der Waals surface area contributed by atoms with Crippen LogP contribution in [-0.2, 0) is 6.18 Å². The molecule has 3 aromatic carbocycles. The average Bonchev–Trinajstić information content (AvgIpc) is 2.65. The molecule has 0 bridgehead atoms. The highest BCUT2D eigenvalue weighted by Crippen LogP contribution is 2.34. The summed E-state index contributed by atoms with van der Waals surface area (Å²) in [4.78, 5) is 12.6. The molecular weight excluding hydrogens is 375 g/mol. The highest BCUT2D eigenvalue weighted by Gasteiger charge is 2.30. The van der Waals surface area contributed by atoms with Gasteiger partial charge in [0.1, 0.15) is 0 Å². The highest BCUT2D eigenvalue weighted by molar-refractivity contribution is 6.02. The first-order valence-corrected chi connectivity index (χ1v) is 9.84. The van der Waals surface area contributed by atoms with Crippen LogP contribution in [0.5, 0.6) is 0 Å². The average molecular weight is 397 g/mol. The molecule has 3 aromatic rings. The Bertz CT molecular complexity index is 1040. The number of benzene rings is 3. The SMILES string of the molecule is C[C@@H](NC(=O)c1ccc2c(-c3ccc(C(F)(F)F)cc3)cccc2c1)C1CCC1. The number of alkyl halides is 3. The molecule has 5 heteroatoms. The molecule has 0 spiro atoms. The number of amides is 1. The molecule has 0 heterocycles. The van der Waals surface area contributed by atoms with Crippen molar-refractivity contribution in [3.8, 4) is 11.1 Å². The largest absolute Gasteiger partial charge is 0.416 e. The van der Waals surface area contributed by atoms with Gasteiger partial charge in [-0.15, -0.1) is 0 Å². The number of carbonyl (C=O) groups excluding carboxylic acids is 1. The van der Waals surface area contributed by atoms with E-state index in [9.17, 15) is 18.0 Å². The summed E-state index contributed by atoms with van der Waals surface area (Å²) in [7, 11) is 0. The van der Waals surface area contributed by atoms with Gasteiger partial charge in [-0.3, -0.25) is 4.79 Å². The van der Waals surface area contributed by atoms with Gasteiger partial charge in [0.05, 0.1) is 5.56 Å². The first-order chi connectivity index (χ1) is 13.8. The summed E-state index contributed by atoms with van der Waals surface area (Å²) in [6, 6.07) is 16.4. The Balaban J connectivity index is 1.61. The van der Waals surface area contributed by atoms with Crippen LogP contribution in [0, 0.1) is 5.92 Å². The van der Waals surface area contributed by atoms with E-state index in [0.29, 0.717) is 17.0 Å². The number of nitrogens with one attached hydrogen (secondary N) is 1. The number of halogens is 3. The zero-order valence-electron chi connectivity index (χ0n) is 16.1. The molecule has 0 saturated heterocycles. The molecule has 1 aliphatic rings. The molecule has 0 unspecified atom stereocenters. The van der Waals surface area contributed by atoms with Crippen molar-refractivity contribution in [1.29, 1.82) is 0 Å². The molecule has 0 radical (unpaired) electrons. The Morgan fingerprint density at radius 1 is 1.03 bits per heavy atom. The molecule has 1 fully saturated rings. The van der Waals surface area contributed by atoms with Crippen LogP contribution in [0.15, 0.2) is 60.7 Å². The van der Waals surface area contributed by atoms with Gasteiger partial charge in [0.15, 0.2) is 0 Å². The summed E-state index contributed by atoms with van der Waals surface area (Å²) >= 11 is 0. The van der Waals surface area contributed by atoms with Crippen molar-refractivity contribution in [3.05, 3.63) is 71.8 Å². The maximum Gasteiger partial charge on any atom is 0.416 e. The number of carbonyl (C=O) groups is 1. The summed E-state index contributed by atoms with van der Waals surface area (Å²) in [6.45, 7) is 2.05. The van der Waals surface area contributed by atoms with Crippen molar-refractivity contribution in [2.75, 3.05) is 0 Å². The van der Waals surface area contributed by atoms with Crippen LogP contribution < -0.4 is 5.32 Å². The molecule has 1 aliphatic carbocycles. The maximum atomic E-state index is 12.8. The van der Waals surface area contributed by atoms with Gasteiger partial charge in [0, 0.05) is 11.6 Å². The van der Waals surface area contributed by atoms with Crippen molar-refractivity contribution in [2.45, 2.75) is 38.4 Å². The monoisotopic (exact) mass is 397 g/mol. The van der Waals surface area contributed by atoms with Crippen LogP contribution in [0.4, 0.5) is 13.2 Å². The lowest BCUT2D eigenvalue weighted by molar-refractivity contribution is -0.137. The van der Waals surface area contributed by atoms with Gasteiger partial charge in [0.25, 0.3) is 5.91 Å². The van der Waals surface area contributed by atoms with E-state index in [1.807, 2.05) is 37.3 Å². The second-order valence-electron chi connectivity index (χ2n) is 7.77.